The molecule has 1 unspecified atom stereocenters. The first-order valence-corrected chi connectivity index (χ1v) is 8.95. The zero-order valence-electron chi connectivity index (χ0n) is 14.3. The van der Waals surface area contributed by atoms with Crippen molar-refractivity contribution < 1.29 is 9.47 Å². The second-order valence-corrected chi connectivity index (χ2v) is 6.79. The van der Waals surface area contributed by atoms with E-state index in [0.717, 1.165) is 25.6 Å². The number of thioether (sulfide) groups is 1. The Labute approximate surface area is 157 Å². The van der Waals surface area contributed by atoms with Crippen molar-refractivity contribution in [1.29, 1.82) is 0 Å². The molecule has 1 saturated heterocycles. The standard InChI is InChI=1S/C15H31N3O2S.HI/c1-5-16-15(17-6-8-20-10-9-19-4)18-7-11-21-14(12-18)13(2)3;/h13-14H,5-12H2,1-4H3,(H,16,17);1H. The predicted octanol–water partition coefficient (Wildman–Crippen LogP) is 2.31. The van der Waals surface area contributed by atoms with Crippen molar-refractivity contribution in [3.05, 3.63) is 0 Å². The van der Waals surface area contributed by atoms with Gasteiger partial charge in [-0.1, -0.05) is 13.8 Å². The molecule has 0 amide bonds. The molecule has 1 heterocycles. The third-order valence-electron chi connectivity index (χ3n) is 3.40. The Morgan fingerprint density at radius 3 is 2.77 bits per heavy atom. The summed E-state index contributed by atoms with van der Waals surface area (Å²) in [5.74, 6) is 2.91. The number of nitrogens with one attached hydrogen (secondary N) is 1. The van der Waals surface area contributed by atoms with Crippen LogP contribution in [0, 0.1) is 5.92 Å². The number of ether oxygens (including phenoxy) is 2. The van der Waals surface area contributed by atoms with E-state index in [1.807, 2.05) is 0 Å². The van der Waals surface area contributed by atoms with E-state index in [-0.39, 0.29) is 24.0 Å². The fourth-order valence-corrected chi connectivity index (χ4v) is 3.46. The molecule has 0 aromatic rings. The molecule has 1 fully saturated rings. The number of methoxy groups -OCH3 is 1. The van der Waals surface area contributed by atoms with E-state index in [0.29, 0.717) is 37.5 Å². The van der Waals surface area contributed by atoms with Crippen LogP contribution in [0.25, 0.3) is 0 Å². The monoisotopic (exact) mass is 445 g/mol. The second-order valence-electron chi connectivity index (χ2n) is 5.44. The number of hydrogen-bond donors (Lipinski definition) is 1. The highest BCUT2D eigenvalue weighted by atomic mass is 127. The highest BCUT2D eigenvalue weighted by Crippen LogP contribution is 2.24. The summed E-state index contributed by atoms with van der Waals surface area (Å²) in [4.78, 5) is 7.07. The summed E-state index contributed by atoms with van der Waals surface area (Å²) >= 11 is 2.08. The molecule has 1 atom stereocenters. The van der Waals surface area contributed by atoms with E-state index in [1.165, 1.54) is 5.75 Å². The minimum absolute atomic E-state index is 0. The van der Waals surface area contributed by atoms with Gasteiger partial charge >= 0.3 is 0 Å². The Morgan fingerprint density at radius 1 is 1.36 bits per heavy atom. The lowest BCUT2D eigenvalue weighted by molar-refractivity contribution is 0.0747. The molecule has 0 aliphatic carbocycles. The van der Waals surface area contributed by atoms with Crippen LogP contribution in [0.1, 0.15) is 20.8 Å². The van der Waals surface area contributed by atoms with Crippen LogP contribution >= 0.6 is 35.7 Å². The van der Waals surface area contributed by atoms with Crippen molar-refractivity contribution in [2.24, 2.45) is 10.9 Å². The average Bonchev–Trinajstić information content (AvgIpc) is 2.49. The summed E-state index contributed by atoms with van der Waals surface area (Å²) in [5, 5.41) is 4.10. The van der Waals surface area contributed by atoms with Crippen LogP contribution in [0.15, 0.2) is 4.99 Å². The first-order valence-electron chi connectivity index (χ1n) is 7.90. The maximum Gasteiger partial charge on any atom is 0.194 e. The molecule has 1 aliphatic heterocycles. The van der Waals surface area contributed by atoms with Crippen molar-refractivity contribution in [3.8, 4) is 0 Å². The van der Waals surface area contributed by atoms with Gasteiger partial charge in [-0.25, -0.2) is 0 Å². The van der Waals surface area contributed by atoms with Gasteiger partial charge in [0.15, 0.2) is 5.96 Å². The van der Waals surface area contributed by atoms with Gasteiger partial charge in [-0.2, -0.15) is 11.8 Å². The number of hydrogen-bond acceptors (Lipinski definition) is 4. The minimum Gasteiger partial charge on any atom is -0.382 e. The Morgan fingerprint density at radius 2 is 2.14 bits per heavy atom. The summed E-state index contributed by atoms with van der Waals surface area (Å²) in [5.41, 5.74) is 0. The van der Waals surface area contributed by atoms with Gasteiger partial charge < -0.3 is 19.7 Å². The molecular formula is C15H32IN3O2S. The van der Waals surface area contributed by atoms with E-state index in [2.05, 4.69) is 47.7 Å². The molecule has 1 rings (SSSR count). The maximum absolute atomic E-state index is 5.47. The number of nitrogens with zero attached hydrogens (tertiary/aromatic N) is 2. The van der Waals surface area contributed by atoms with Crippen molar-refractivity contribution >= 4 is 41.7 Å². The van der Waals surface area contributed by atoms with E-state index >= 15 is 0 Å². The average molecular weight is 445 g/mol. The largest absolute Gasteiger partial charge is 0.382 e. The van der Waals surface area contributed by atoms with Gasteiger partial charge in [-0.15, -0.1) is 24.0 Å². The van der Waals surface area contributed by atoms with Gasteiger partial charge in [0, 0.05) is 37.7 Å². The molecule has 0 aromatic carbocycles. The maximum atomic E-state index is 5.47. The Kier molecular flexibility index (Phi) is 13.9. The minimum atomic E-state index is 0. The highest BCUT2D eigenvalue weighted by Gasteiger charge is 2.24. The summed E-state index contributed by atoms with van der Waals surface area (Å²) < 4.78 is 10.4. The third kappa shape index (κ3) is 8.79. The SMILES string of the molecule is CCNC(=NCCOCCOC)N1CCSC(C(C)C)C1.I. The van der Waals surface area contributed by atoms with E-state index in [1.54, 1.807) is 7.11 Å². The molecule has 5 nitrogen and oxygen atoms in total. The summed E-state index contributed by atoms with van der Waals surface area (Å²) in [7, 11) is 1.68. The van der Waals surface area contributed by atoms with Gasteiger partial charge in [-0.05, 0) is 12.8 Å². The Bertz CT molecular complexity index is 307. The van der Waals surface area contributed by atoms with Gasteiger partial charge in [0.1, 0.15) is 0 Å². The number of rotatable bonds is 8. The van der Waals surface area contributed by atoms with E-state index < -0.39 is 0 Å². The Balaban J connectivity index is 0.00000441. The van der Waals surface area contributed by atoms with E-state index in [9.17, 15) is 0 Å². The lowest BCUT2D eigenvalue weighted by Crippen LogP contribution is -2.49. The zero-order chi connectivity index (χ0) is 15.5. The number of aliphatic imine (C=N–C) groups is 1. The van der Waals surface area contributed by atoms with Crippen LogP contribution < -0.4 is 5.32 Å². The molecule has 7 heteroatoms. The first kappa shape index (κ1) is 22.3. The zero-order valence-corrected chi connectivity index (χ0v) is 17.5. The molecule has 1 aliphatic rings. The lowest BCUT2D eigenvalue weighted by atomic mass is 10.1. The summed E-state index contributed by atoms with van der Waals surface area (Å²) in [6.07, 6.45) is 0. The number of guanidine groups is 1. The summed E-state index contributed by atoms with van der Waals surface area (Å²) in [6, 6.07) is 0. The number of halogens is 1. The lowest BCUT2D eigenvalue weighted by Gasteiger charge is -2.36. The quantitative estimate of drug-likeness (QED) is 0.269. The van der Waals surface area contributed by atoms with Gasteiger partial charge in [-0.3, -0.25) is 4.99 Å². The molecule has 0 saturated carbocycles. The fraction of sp³-hybridized carbons (Fsp3) is 0.933. The van der Waals surface area contributed by atoms with Gasteiger partial charge in [0.2, 0.25) is 0 Å². The molecule has 0 aromatic heterocycles. The molecular weight excluding hydrogens is 413 g/mol. The van der Waals surface area contributed by atoms with Crippen molar-refractivity contribution in [3.63, 3.8) is 0 Å². The topological polar surface area (TPSA) is 46.1 Å². The molecule has 0 bridgehead atoms. The summed E-state index contributed by atoms with van der Waals surface area (Å²) in [6.45, 7) is 12.4. The van der Waals surface area contributed by atoms with Crippen LogP contribution in [0.4, 0.5) is 0 Å². The third-order valence-corrected chi connectivity index (χ3v) is 4.94. The molecule has 0 radical (unpaired) electrons. The van der Waals surface area contributed by atoms with Crippen LogP contribution in [0.5, 0.6) is 0 Å². The molecule has 0 spiro atoms. The molecule has 1 N–H and O–H groups in total. The molecule has 22 heavy (non-hydrogen) atoms. The van der Waals surface area contributed by atoms with Crippen molar-refractivity contribution in [2.75, 3.05) is 58.9 Å². The van der Waals surface area contributed by atoms with Crippen molar-refractivity contribution in [1.82, 2.24) is 10.2 Å². The van der Waals surface area contributed by atoms with Crippen molar-refractivity contribution in [2.45, 2.75) is 26.0 Å². The van der Waals surface area contributed by atoms with Crippen LogP contribution in [0.3, 0.4) is 0 Å². The first-order chi connectivity index (χ1) is 10.2. The normalized spacial score (nSPS) is 19.2. The smallest absolute Gasteiger partial charge is 0.194 e. The predicted molar refractivity (Wildman–Crippen MR) is 107 cm³/mol. The highest BCUT2D eigenvalue weighted by molar-refractivity contribution is 14.0. The van der Waals surface area contributed by atoms with Crippen LogP contribution in [-0.4, -0.2) is 75.0 Å². The second kappa shape index (κ2) is 13.7. The van der Waals surface area contributed by atoms with E-state index in [4.69, 9.17) is 9.47 Å². The Hall–Kier alpha value is 0.270. The van der Waals surface area contributed by atoms with Crippen LogP contribution in [0.2, 0.25) is 0 Å². The van der Waals surface area contributed by atoms with Crippen LogP contribution in [-0.2, 0) is 9.47 Å². The van der Waals surface area contributed by atoms with Gasteiger partial charge in [0.05, 0.1) is 26.4 Å². The fourth-order valence-electron chi connectivity index (χ4n) is 2.16. The van der Waals surface area contributed by atoms with Gasteiger partial charge in [0.25, 0.3) is 0 Å². The molecule has 132 valence electrons.